The second kappa shape index (κ2) is 11.0. The minimum Gasteiger partial charge on any atom is -0.497 e. The third-order valence-electron chi connectivity index (χ3n) is 5.04. The Morgan fingerprint density at radius 3 is 2.63 bits per heavy atom. The Morgan fingerprint density at radius 1 is 1.13 bits per heavy atom. The summed E-state index contributed by atoms with van der Waals surface area (Å²) in [4.78, 5) is 8.32. The molecular formula is C23H30N6O. The van der Waals surface area contributed by atoms with Crippen LogP contribution in [0.4, 0.5) is 0 Å². The third kappa shape index (κ3) is 6.34. The van der Waals surface area contributed by atoms with Gasteiger partial charge >= 0.3 is 0 Å². The summed E-state index contributed by atoms with van der Waals surface area (Å²) in [5.74, 6) is 2.15. The molecule has 3 aromatic rings. The van der Waals surface area contributed by atoms with Gasteiger partial charge in [0.05, 0.1) is 13.7 Å². The van der Waals surface area contributed by atoms with Crippen LogP contribution in [0.2, 0.25) is 0 Å². The van der Waals surface area contributed by atoms with Crippen molar-refractivity contribution in [2.45, 2.75) is 32.4 Å². The van der Waals surface area contributed by atoms with Crippen molar-refractivity contribution in [1.82, 2.24) is 25.4 Å². The van der Waals surface area contributed by atoms with E-state index in [9.17, 15) is 0 Å². The highest BCUT2D eigenvalue weighted by Crippen LogP contribution is 2.21. The van der Waals surface area contributed by atoms with E-state index in [4.69, 9.17) is 4.74 Å². The maximum absolute atomic E-state index is 5.23. The van der Waals surface area contributed by atoms with Crippen LogP contribution in [0.1, 0.15) is 36.0 Å². The van der Waals surface area contributed by atoms with Crippen molar-refractivity contribution in [2.75, 3.05) is 20.7 Å². The average molecular weight is 407 g/mol. The minimum absolute atomic E-state index is 0.454. The van der Waals surface area contributed by atoms with E-state index in [0.717, 1.165) is 24.7 Å². The van der Waals surface area contributed by atoms with E-state index in [-0.39, 0.29) is 0 Å². The molecule has 0 saturated carbocycles. The van der Waals surface area contributed by atoms with Crippen LogP contribution >= 0.6 is 0 Å². The number of hydrogen-bond acceptors (Lipinski definition) is 4. The van der Waals surface area contributed by atoms with Gasteiger partial charge in [-0.2, -0.15) is 5.10 Å². The highest BCUT2D eigenvalue weighted by Gasteiger charge is 2.07. The first kappa shape index (κ1) is 21.4. The second-order valence-electron chi connectivity index (χ2n) is 7.23. The summed E-state index contributed by atoms with van der Waals surface area (Å²) >= 11 is 0. The maximum Gasteiger partial charge on any atom is 0.191 e. The summed E-state index contributed by atoms with van der Waals surface area (Å²) in [6.45, 7) is 4.50. The van der Waals surface area contributed by atoms with E-state index in [0.29, 0.717) is 19.0 Å². The first-order valence-corrected chi connectivity index (χ1v) is 10.2. The quantitative estimate of drug-likeness (QED) is 0.422. The molecule has 1 atom stereocenters. The number of rotatable bonds is 9. The topological polar surface area (TPSA) is 76.4 Å². The standard InChI is InChI=1S/C23H30N6O/c1-18(21-7-9-22(30-3)10-8-21)11-12-26-23(24-2)27-14-19-5-4-6-20(13-19)15-29-17-25-16-28-29/h4-10,13,16-18H,11-12,14-15H2,1-3H3,(H2,24,26,27). The molecule has 2 aromatic carbocycles. The van der Waals surface area contributed by atoms with Gasteiger partial charge in [-0.25, -0.2) is 9.67 Å². The Kier molecular flexibility index (Phi) is 7.83. The highest BCUT2D eigenvalue weighted by molar-refractivity contribution is 5.79. The van der Waals surface area contributed by atoms with Gasteiger partial charge in [0.2, 0.25) is 0 Å². The number of benzene rings is 2. The zero-order valence-electron chi connectivity index (χ0n) is 17.9. The van der Waals surface area contributed by atoms with Crippen LogP contribution in [0.5, 0.6) is 5.75 Å². The van der Waals surface area contributed by atoms with E-state index >= 15 is 0 Å². The average Bonchev–Trinajstić information content (AvgIpc) is 3.29. The summed E-state index contributed by atoms with van der Waals surface area (Å²) in [5, 5.41) is 11.0. The lowest BCUT2D eigenvalue weighted by Crippen LogP contribution is -2.37. The predicted molar refractivity (Wildman–Crippen MR) is 120 cm³/mol. The summed E-state index contributed by atoms with van der Waals surface area (Å²) in [6.07, 6.45) is 4.29. The van der Waals surface area contributed by atoms with Crippen molar-refractivity contribution in [3.05, 3.63) is 77.9 Å². The number of methoxy groups -OCH3 is 1. The van der Waals surface area contributed by atoms with Gasteiger partial charge in [0, 0.05) is 20.1 Å². The van der Waals surface area contributed by atoms with Crippen molar-refractivity contribution in [3.8, 4) is 5.75 Å². The minimum atomic E-state index is 0.454. The first-order valence-electron chi connectivity index (χ1n) is 10.2. The van der Waals surface area contributed by atoms with Crippen LogP contribution < -0.4 is 15.4 Å². The van der Waals surface area contributed by atoms with Crippen LogP contribution in [0, 0.1) is 0 Å². The van der Waals surface area contributed by atoms with Gasteiger partial charge in [-0.15, -0.1) is 0 Å². The molecule has 1 heterocycles. The Labute approximate surface area is 178 Å². The number of guanidine groups is 1. The van der Waals surface area contributed by atoms with Crippen LogP contribution in [0.3, 0.4) is 0 Å². The Balaban J connectivity index is 1.44. The molecule has 0 saturated heterocycles. The molecule has 0 aliphatic rings. The van der Waals surface area contributed by atoms with Crippen molar-refractivity contribution in [3.63, 3.8) is 0 Å². The zero-order chi connectivity index (χ0) is 21.2. The molecule has 0 spiro atoms. The van der Waals surface area contributed by atoms with Gasteiger partial charge in [-0.3, -0.25) is 4.99 Å². The van der Waals surface area contributed by atoms with Crippen LogP contribution in [-0.2, 0) is 13.1 Å². The third-order valence-corrected chi connectivity index (χ3v) is 5.04. The van der Waals surface area contributed by atoms with Crippen molar-refractivity contribution in [1.29, 1.82) is 0 Å². The zero-order valence-corrected chi connectivity index (χ0v) is 17.9. The molecule has 3 rings (SSSR count). The van der Waals surface area contributed by atoms with Gasteiger partial charge in [0.25, 0.3) is 0 Å². The van der Waals surface area contributed by atoms with Gasteiger partial charge in [-0.1, -0.05) is 43.3 Å². The molecule has 1 unspecified atom stereocenters. The van der Waals surface area contributed by atoms with E-state index < -0.39 is 0 Å². The fourth-order valence-electron chi connectivity index (χ4n) is 3.25. The smallest absolute Gasteiger partial charge is 0.191 e. The van der Waals surface area contributed by atoms with E-state index in [1.54, 1.807) is 26.8 Å². The molecule has 0 radical (unpaired) electrons. The number of nitrogens with one attached hydrogen (secondary N) is 2. The Bertz CT molecular complexity index is 921. The van der Waals surface area contributed by atoms with Crippen molar-refractivity contribution >= 4 is 5.96 Å². The number of nitrogens with zero attached hydrogens (tertiary/aromatic N) is 4. The summed E-state index contributed by atoms with van der Waals surface area (Å²) in [5.41, 5.74) is 3.70. The molecule has 30 heavy (non-hydrogen) atoms. The fraction of sp³-hybridized carbons (Fsp3) is 0.348. The number of aliphatic imine (C=N–C) groups is 1. The highest BCUT2D eigenvalue weighted by atomic mass is 16.5. The number of aromatic nitrogens is 3. The van der Waals surface area contributed by atoms with Gasteiger partial charge in [-0.05, 0) is 41.2 Å². The van der Waals surface area contributed by atoms with Crippen LogP contribution in [0.25, 0.3) is 0 Å². The van der Waals surface area contributed by atoms with Gasteiger partial charge in [0.15, 0.2) is 5.96 Å². The van der Waals surface area contributed by atoms with E-state index in [1.807, 2.05) is 16.8 Å². The predicted octanol–water partition coefficient (Wildman–Crippen LogP) is 3.19. The molecule has 2 N–H and O–H groups in total. The first-order chi connectivity index (χ1) is 14.7. The molecule has 7 nitrogen and oxygen atoms in total. The number of ether oxygens (including phenoxy) is 1. The largest absolute Gasteiger partial charge is 0.497 e. The molecule has 0 fully saturated rings. The molecule has 1 aromatic heterocycles. The lowest BCUT2D eigenvalue weighted by atomic mass is 9.98. The van der Waals surface area contributed by atoms with Crippen molar-refractivity contribution in [2.24, 2.45) is 4.99 Å². The summed E-state index contributed by atoms with van der Waals surface area (Å²) in [6, 6.07) is 16.7. The van der Waals surface area contributed by atoms with Gasteiger partial charge < -0.3 is 15.4 Å². The summed E-state index contributed by atoms with van der Waals surface area (Å²) in [7, 11) is 3.48. The molecule has 0 aliphatic heterocycles. The molecular weight excluding hydrogens is 376 g/mol. The second-order valence-corrected chi connectivity index (χ2v) is 7.23. The molecule has 0 amide bonds. The SMILES string of the molecule is CN=C(NCCC(C)c1ccc(OC)cc1)NCc1cccc(Cn2cncn2)c1. The monoisotopic (exact) mass is 406 g/mol. The Morgan fingerprint density at radius 2 is 1.93 bits per heavy atom. The fourth-order valence-corrected chi connectivity index (χ4v) is 3.25. The van der Waals surface area contributed by atoms with Crippen LogP contribution in [-0.4, -0.2) is 41.4 Å². The Hall–Kier alpha value is -3.35. The van der Waals surface area contributed by atoms with E-state index in [1.165, 1.54) is 16.7 Å². The van der Waals surface area contributed by atoms with Crippen LogP contribution in [0.15, 0.2) is 66.2 Å². The maximum atomic E-state index is 5.23. The van der Waals surface area contributed by atoms with Crippen molar-refractivity contribution < 1.29 is 4.74 Å². The lowest BCUT2D eigenvalue weighted by molar-refractivity contribution is 0.414. The lowest BCUT2D eigenvalue weighted by Gasteiger charge is -2.16. The molecule has 0 bridgehead atoms. The van der Waals surface area contributed by atoms with Gasteiger partial charge in [0.1, 0.15) is 18.4 Å². The molecule has 158 valence electrons. The number of hydrogen-bond donors (Lipinski definition) is 2. The molecule has 7 heteroatoms. The molecule has 0 aliphatic carbocycles. The van der Waals surface area contributed by atoms with E-state index in [2.05, 4.69) is 69.0 Å². The summed E-state index contributed by atoms with van der Waals surface area (Å²) < 4.78 is 7.05. The normalized spacial score (nSPS) is 12.4.